The molecule has 3 nitrogen and oxygen atoms in total. The maximum Gasteiger partial charge on any atom is 0.138 e. The number of fused-ring (bicyclic) bond motifs is 3. The Hall–Kier alpha value is -2.00. The average Bonchev–Trinajstić information content (AvgIpc) is 2.93. The van der Waals surface area contributed by atoms with E-state index in [1.165, 1.54) is 103 Å². The minimum atomic E-state index is 0.265. The number of unbranched alkanes of at least 4 members (excludes halogenated alkanes) is 4. The Bertz CT molecular complexity index is 919. The summed E-state index contributed by atoms with van der Waals surface area (Å²) in [4.78, 5) is 0. The third-order valence-corrected chi connectivity index (χ3v) is 10.3. The Morgan fingerprint density at radius 2 is 1.39 bits per heavy atom. The standard InChI is InChI=1S/C33H48N2O/c1-3-5-7-9-26-10-12-27(13-11-26)28-14-15-31(30(24-35)29(28)23-34)36-25-33-20-17-32(18-21-33,19-22-33)16-8-6-4-2/h14-15,26-27H,3-13,16-22,25H2,1-2H3/t26-,27-,32?,33?. The molecule has 4 fully saturated rings. The zero-order valence-electron chi connectivity index (χ0n) is 23.0. The summed E-state index contributed by atoms with van der Waals surface area (Å²) in [5, 5.41) is 20.1. The molecule has 1 aromatic carbocycles. The van der Waals surface area contributed by atoms with Crippen LogP contribution in [0.4, 0.5) is 0 Å². The smallest absolute Gasteiger partial charge is 0.138 e. The monoisotopic (exact) mass is 488 g/mol. The van der Waals surface area contributed by atoms with E-state index in [4.69, 9.17) is 4.74 Å². The van der Waals surface area contributed by atoms with Crippen molar-refractivity contribution in [2.75, 3.05) is 6.61 Å². The van der Waals surface area contributed by atoms with Crippen LogP contribution in [0.1, 0.15) is 152 Å². The maximum absolute atomic E-state index is 10.1. The van der Waals surface area contributed by atoms with Gasteiger partial charge in [-0.2, -0.15) is 10.5 Å². The molecule has 0 unspecified atom stereocenters. The van der Waals surface area contributed by atoms with E-state index in [1.807, 2.05) is 6.07 Å². The molecule has 0 aliphatic heterocycles. The maximum atomic E-state index is 10.1. The van der Waals surface area contributed by atoms with E-state index in [0.29, 0.717) is 34.8 Å². The van der Waals surface area contributed by atoms with E-state index >= 15 is 0 Å². The molecule has 4 aliphatic carbocycles. The van der Waals surface area contributed by atoms with Crippen LogP contribution in [0.25, 0.3) is 0 Å². The Morgan fingerprint density at radius 1 is 0.778 bits per heavy atom. The Labute approximate surface area is 220 Å². The zero-order chi connectivity index (χ0) is 25.4. The van der Waals surface area contributed by atoms with Gasteiger partial charge >= 0.3 is 0 Å². The highest BCUT2D eigenvalue weighted by atomic mass is 16.5. The summed E-state index contributed by atoms with van der Waals surface area (Å²) in [7, 11) is 0. The Kier molecular flexibility index (Phi) is 9.39. The summed E-state index contributed by atoms with van der Waals surface area (Å²) in [5.41, 5.74) is 2.99. The summed E-state index contributed by atoms with van der Waals surface area (Å²) in [6.07, 6.45) is 23.4. The van der Waals surface area contributed by atoms with Gasteiger partial charge in [0, 0.05) is 5.41 Å². The predicted octanol–water partition coefficient (Wildman–Crippen LogP) is 9.58. The molecule has 36 heavy (non-hydrogen) atoms. The van der Waals surface area contributed by atoms with Crippen LogP contribution < -0.4 is 4.74 Å². The lowest BCUT2D eigenvalue weighted by molar-refractivity contribution is -0.0409. The van der Waals surface area contributed by atoms with Gasteiger partial charge in [0.2, 0.25) is 0 Å². The molecule has 3 heteroatoms. The largest absolute Gasteiger partial charge is 0.492 e. The van der Waals surface area contributed by atoms with Crippen molar-refractivity contribution in [3.63, 3.8) is 0 Å². The highest BCUT2D eigenvalue weighted by Gasteiger charge is 2.48. The summed E-state index contributed by atoms with van der Waals surface area (Å²) >= 11 is 0. The fourth-order valence-electron chi connectivity index (χ4n) is 7.65. The number of hydrogen-bond donors (Lipinski definition) is 0. The molecule has 0 aromatic heterocycles. The van der Waals surface area contributed by atoms with Crippen molar-refractivity contribution in [3.8, 4) is 17.9 Å². The van der Waals surface area contributed by atoms with Gasteiger partial charge in [-0.1, -0.05) is 64.9 Å². The fourth-order valence-corrected chi connectivity index (χ4v) is 7.65. The first kappa shape index (κ1) is 27.0. The van der Waals surface area contributed by atoms with E-state index in [1.54, 1.807) is 0 Å². The van der Waals surface area contributed by atoms with Gasteiger partial charge in [-0.15, -0.1) is 0 Å². The quantitative estimate of drug-likeness (QED) is 0.275. The number of nitrogens with zero attached hydrogens (tertiary/aromatic N) is 2. The van der Waals surface area contributed by atoms with Crippen LogP contribution >= 0.6 is 0 Å². The molecule has 5 rings (SSSR count). The van der Waals surface area contributed by atoms with E-state index < -0.39 is 0 Å². The molecule has 0 saturated heterocycles. The summed E-state index contributed by atoms with van der Waals surface area (Å²) < 4.78 is 6.40. The van der Waals surface area contributed by atoms with Gasteiger partial charge in [-0.05, 0) is 99.5 Å². The minimum Gasteiger partial charge on any atom is -0.492 e. The molecule has 0 spiro atoms. The van der Waals surface area contributed by atoms with Crippen LogP contribution in [0.3, 0.4) is 0 Å². The first-order valence-corrected chi connectivity index (χ1v) is 15.2. The van der Waals surface area contributed by atoms with E-state index in [0.717, 1.165) is 24.3 Å². The molecule has 196 valence electrons. The predicted molar refractivity (Wildman–Crippen MR) is 147 cm³/mol. The Morgan fingerprint density at radius 3 is 2.00 bits per heavy atom. The fraction of sp³-hybridized carbons (Fsp3) is 0.758. The molecule has 0 heterocycles. The number of ether oxygens (including phenoxy) is 1. The number of nitriles is 2. The van der Waals surface area contributed by atoms with Gasteiger partial charge in [0.05, 0.1) is 12.2 Å². The first-order chi connectivity index (χ1) is 17.6. The topological polar surface area (TPSA) is 56.8 Å². The molecule has 0 atom stereocenters. The van der Waals surface area contributed by atoms with Crippen molar-refractivity contribution in [2.24, 2.45) is 16.7 Å². The normalized spacial score (nSPS) is 29.4. The number of rotatable bonds is 12. The van der Waals surface area contributed by atoms with Crippen molar-refractivity contribution in [1.82, 2.24) is 0 Å². The minimum absolute atomic E-state index is 0.265. The third-order valence-electron chi connectivity index (χ3n) is 10.3. The van der Waals surface area contributed by atoms with Gasteiger partial charge in [0.1, 0.15) is 23.5 Å². The molecule has 1 aromatic rings. The van der Waals surface area contributed by atoms with Crippen LogP contribution in [0.15, 0.2) is 12.1 Å². The molecule has 2 bridgehead atoms. The van der Waals surface area contributed by atoms with Crippen molar-refractivity contribution >= 4 is 0 Å². The third kappa shape index (κ3) is 6.10. The van der Waals surface area contributed by atoms with E-state index in [2.05, 4.69) is 32.1 Å². The molecule has 0 N–H and O–H groups in total. The van der Waals surface area contributed by atoms with Crippen molar-refractivity contribution < 1.29 is 4.74 Å². The van der Waals surface area contributed by atoms with Crippen LogP contribution in [0, 0.1) is 39.4 Å². The second-order valence-corrected chi connectivity index (χ2v) is 12.6. The summed E-state index contributed by atoms with van der Waals surface area (Å²) in [5.74, 6) is 1.87. The van der Waals surface area contributed by atoms with Crippen LogP contribution in [0.5, 0.6) is 5.75 Å². The Balaban J connectivity index is 1.37. The lowest BCUT2D eigenvalue weighted by Crippen LogP contribution is -2.44. The first-order valence-electron chi connectivity index (χ1n) is 15.2. The van der Waals surface area contributed by atoms with E-state index in [-0.39, 0.29) is 5.41 Å². The summed E-state index contributed by atoms with van der Waals surface area (Å²) in [6, 6.07) is 8.86. The van der Waals surface area contributed by atoms with Gasteiger partial charge in [-0.3, -0.25) is 0 Å². The van der Waals surface area contributed by atoms with E-state index in [9.17, 15) is 10.5 Å². The average molecular weight is 489 g/mol. The highest BCUT2D eigenvalue weighted by Crippen LogP contribution is 2.59. The van der Waals surface area contributed by atoms with Gasteiger partial charge < -0.3 is 4.74 Å². The molecular weight excluding hydrogens is 440 g/mol. The molecule has 4 aliphatic rings. The van der Waals surface area contributed by atoms with Gasteiger partial charge in [-0.25, -0.2) is 0 Å². The molecule has 0 radical (unpaired) electrons. The van der Waals surface area contributed by atoms with Gasteiger partial charge in [0.15, 0.2) is 0 Å². The second-order valence-electron chi connectivity index (χ2n) is 12.6. The molecular formula is C33H48N2O. The summed E-state index contributed by atoms with van der Waals surface area (Å²) in [6.45, 7) is 5.26. The lowest BCUT2D eigenvalue weighted by atomic mass is 9.53. The number of benzene rings is 1. The molecule has 4 saturated carbocycles. The molecule has 0 amide bonds. The van der Waals surface area contributed by atoms with Crippen molar-refractivity contribution in [2.45, 2.75) is 135 Å². The van der Waals surface area contributed by atoms with Crippen LogP contribution in [0.2, 0.25) is 0 Å². The van der Waals surface area contributed by atoms with Crippen molar-refractivity contribution in [1.29, 1.82) is 10.5 Å². The van der Waals surface area contributed by atoms with Crippen LogP contribution in [-0.2, 0) is 0 Å². The highest BCUT2D eigenvalue weighted by molar-refractivity contribution is 5.58. The number of hydrogen-bond acceptors (Lipinski definition) is 3. The second kappa shape index (κ2) is 12.5. The van der Waals surface area contributed by atoms with Gasteiger partial charge in [0.25, 0.3) is 0 Å². The zero-order valence-corrected chi connectivity index (χ0v) is 23.0. The SMILES string of the molecule is CCCCCC12CCC(COc3ccc([C@H]4CC[C@H](CCCCC)CC4)c(C#N)c3C#N)(CC1)CC2. The van der Waals surface area contributed by atoms with Crippen LogP contribution in [-0.4, -0.2) is 6.61 Å². The lowest BCUT2D eigenvalue weighted by Gasteiger charge is -2.53. The van der Waals surface area contributed by atoms with Crippen molar-refractivity contribution in [3.05, 3.63) is 28.8 Å².